The minimum atomic E-state index is -4.39. The van der Waals surface area contributed by atoms with Crippen molar-refractivity contribution in [2.75, 3.05) is 13.1 Å². The first-order valence-electron chi connectivity index (χ1n) is 6.43. The van der Waals surface area contributed by atoms with Crippen LogP contribution < -0.4 is 0 Å². The molecule has 1 aliphatic rings. The average molecular weight is 338 g/mol. The Morgan fingerprint density at radius 1 is 1.38 bits per heavy atom. The molecule has 0 radical (unpaired) electrons. The summed E-state index contributed by atoms with van der Waals surface area (Å²) in [6.07, 6.45) is 1.68. The van der Waals surface area contributed by atoms with E-state index in [-0.39, 0.29) is 5.92 Å². The highest BCUT2D eigenvalue weighted by Gasteiger charge is 2.30. The van der Waals surface area contributed by atoms with Crippen LogP contribution in [-0.2, 0) is 9.05 Å². The molecule has 1 saturated heterocycles. The molecule has 0 spiro atoms. The van der Waals surface area contributed by atoms with Gasteiger partial charge in [-0.3, -0.25) is 4.79 Å². The van der Waals surface area contributed by atoms with Crippen LogP contribution in [0.2, 0.25) is 0 Å². The Morgan fingerprint density at radius 2 is 2.05 bits per heavy atom. The number of likely N-dealkylation sites (tertiary alicyclic amines) is 1. The van der Waals surface area contributed by atoms with Crippen molar-refractivity contribution in [2.24, 2.45) is 5.92 Å². The van der Waals surface area contributed by atoms with E-state index < -0.39 is 37.1 Å². The maximum absolute atomic E-state index is 14.2. The maximum Gasteiger partial charge on any atom is 0.264 e. The van der Waals surface area contributed by atoms with Crippen LogP contribution in [0.4, 0.5) is 8.78 Å². The third kappa shape index (κ3) is 3.35. The highest BCUT2D eigenvalue weighted by Crippen LogP contribution is 2.26. The first-order valence-corrected chi connectivity index (χ1v) is 8.74. The molecule has 1 aromatic rings. The summed E-state index contributed by atoms with van der Waals surface area (Å²) in [4.78, 5) is 12.7. The number of hydrogen-bond acceptors (Lipinski definition) is 3. The maximum atomic E-state index is 14.2. The summed E-state index contributed by atoms with van der Waals surface area (Å²) < 4.78 is 50.5. The second-order valence-corrected chi connectivity index (χ2v) is 7.71. The van der Waals surface area contributed by atoms with Crippen molar-refractivity contribution < 1.29 is 22.0 Å². The Kier molecular flexibility index (Phi) is 4.53. The molecule has 1 unspecified atom stereocenters. The van der Waals surface area contributed by atoms with Crippen LogP contribution in [0, 0.1) is 17.6 Å². The molecule has 1 atom stereocenters. The quantitative estimate of drug-likeness (QED) is 0.780. The standard InChI is InChI=1S/C13H14ClF2NO3S/c1-8-3-2-6-17(7-8)13(18)11-9(15)4-5-10(12(11)16)21(14,19)20/h4-5,8H,2-3,6-7H2,1H3. The normalized spacial score (nSPS) is 19.6. The average Bonchev–Trinajstić information content (AvgIpc) is 2.37. The van der Waals surface area contributed by atoms with E-state index in [1.165, 1.54) is 4.90 Å². The fourth-order valence-corrected chi connectivity index (χ4v) is 3.35. The minimum Gasteiger partial charge on any atom is -0.338 e. The molecule has 4 nitrogen and oxygen atoms in total. The zero-order chi connectivity index (χ0) is 15.8. The van der Waals surface area contributed by atoms with E-state index >= 15 is 0 Å². The lowest BCUT2D eigenvalue weighted by Crippen LogP contribution is -2.40. The second kappa shape index (κ2) is 5.88. The molecule has 0 saturated carbocycles. The zero-order valence-electron chi connectivity index (χ0n) is 11.3. The predicted octanol–water partition coefficient (Wildman–Crippen LogP) is 2.76. The number of carbonyl (C=O) groups is 1. The molecule has 0 aromatic heterocycles. The van der Waals surface area contributed by atoms with Crippen molar-refractivity contribution in [3.05, 3.63) is 29.3 Å². The van der Waals surface area contributed by atoms with Gasteiger partial charge in [0.05, 0.1) is 0 Å². The summed E-state index contributed by atoms with van der Waals surface area (Å²) in [6, 6.07) is 1.45. The summed E-state index contributed by atoms with van der Waals surface area (Å²) in [7, 11) is 0.699. The van der Waals surface area contributed by atoms with Gasteiger partial charge in [-0.1, -0.05) is 6.92 Å². The van der Waals surface area contributed by atoms with Crippen LogP contribution in [0.25, 0.3) is 0 Å². The lowest BCUT2D eigenvalue weighted by atomic mass is 9.99. The number of nitrogens with zero attached hydrogens (tertiary/aromatic N) is 1. The molecule has 1 amide bonds. The molecule has 8 heteroatoms. The molecular weight excluding hydrogens is 324 g/mol. The van der Waals surface area contributed by atoms with Crippen molar-refractivity contribution in [1.82, 2.24) is 4.90 Å². The van der Waals surface area contributed by atoms with Crippen LogP contribution in [0.3, 0.4) is 0 Å². The van der Waals surface area contributed by atoms with E-state index in [0.717, 1.165) is 18.9 Å². The van der Waals surface area contributed by atoms with E-state index in [1.54, 1.807) is 0 Å². The molecular formula is C13H14ClF2NO3S. The number of piperidine rings is 1. The number of benzene rings is 1. The highest BCUT2D eigenvalue weighted by atomic mass is 35.7. The monoisotopic (exact) mass is 337 g/mol. The SMILES string of the molecule is CC1CCCN(C(=O)c2c(F)ccc(S(=O)(=O)Cl)c2F)C1. The molecule has 21 heavy (non-hydrogen) atoms. The first kappa shape index (κ1) is 16.2. The second-order valence-electron chi connectivity index (χ2n) is 5.17. The molecule has 2 rings (SSSR count). The van der Waals surface area contributed by atoms with Crippen molar-refractivity contribution >= 4 is 25.6 Å². The number of halogens is 3. The van der Waals surface area contributed by atoms with Gasteiger partial charge >= 0.3 is 0 Å². The summed E-state index contributed by atoms with van der Waals surface area (Å²) in [5.74, 6) is -3.15. The lowest BCUT2D eigenvalue weighted by Gasteiger charge is -2.31. The van der Waals surface area contributed by atoms with Crippen molar-refractivity contribution in [2.45, 2.75) is 24.7 Å². The summed E-state index contributed by atoms with van der Waals surface area (Å²) in [5.41, 5.74) is -0.870. The Labute approximate surface area is 126 Å². The van der Waals surface area contributed by atoms with E-state index in [1.807, 2.05) is 6.92 Å². The minimum absolute atomic E-state index is 0.230. The van der Waals surface area contributed by atoms with Gasteiger partial charge in [-0.25, -0.2) is 17.2 Å². The number of hydrogen-bond donors (Lipinski definition) is 0. The number of rotatable bonds is 2. The topological polar surface area (TPSA) is 54.5 Å². The molecule has 1 heterocycles. The van der Waals surface area contributed by atoms with Gasteiger partial charge in [-0.05, 0) is 30.9 Å². The molecule has 1 aromatic carbocycles. The Balaban J connectivity index is 2.46. The van der Waals surface area contributed by atoms with Crippen LogP contribution in [0.1, 0.15) is 30.1 Å². The summed E-state index contributed by atoms with van der Waals surface area (Å²) in [6.45, 7) is 2.71. The Morgan fingerprint density at radius 3 is 2.62 bits per heavy atom. The zero-order valence-corrected chi connectivity index (χ0v) is 12.8. The summed E-state index contributed by atoms with van der Waals surface area (Å²) in [5, 5.41) is 0. The van der Waals surface area contributed by atoms with Crippen LogP contribution in [-0.4, -0.2) is 32.3 Å². The smallest absolute Gasteiger partial charge is 0.264 e. The van der Waals surface area contributed by atoms with E-state index in [4.69, 9.17) is 10.7 Å². The third-order valence-corrected chi connectivity index (χ3v) is 4.82. The van der Waals surface area contributed by atoms with Gasteiger partial charge in [-0.15, -0.1) is 0 Å². The third-order valence-electron chi connectivity index (χ3n) is 3.48. The largest absolute Gasteiger partial charge is 0.338 e. The fourth-order valence-electron chi connectivity index (χ4n) is 2.45. The fraction of sp³-hybridized carbons (Fsp3) is 0.462. The van der Waals surface area contributed by atoms with E-state index in [2.05, 4.69) is 0 Å². The first-order chi connectivity index (χ1) is 9.71. The van der Waals surface area contributed by atoms with E-state index in [9.17, 15) is 22.0 Å². The van der Waals surface area contributed by atoms with Crippen molar-refractivity contribution in [1.29, 1.82) is 0 Å². The van der Waals surface area contributed by atoms with Gasteiger partial charge in [0.25, 0.3) is 15.0 Å². The van der Waals surface area contributed by atoms with Gasteiger partial charge in [0.15, 0.2) is 5.82 Å². The van der Waals surface area contributed by atoms with Gasteiger partial charge in [0.2, 0.25) is 0 Å². The van der Waals surface area contributed by atoms with Crippen LogP contribution in [0.5, 0.6) is 0 Å². The molecule has 1 fully saturated rings. The van der Waals surface area contributed by atoms with Crippen molar-refractivity contribution in [3.8, 4) is 0 Å². The Bertz CT molecular complexity index is 678. The highest BCUT2D eigenvalue weighted by molar-refractivity contribution is 8.13. The molecule has 0 aliphatic carbocycles. The van der Waals surface area contributed by atoms with Crippen molar-refractivity contribution in [3.63, 3.8) is 0 Å². The molecule has 1 aliphatic heterocycles. The number of carbonyl (C=O) groups excluding carboxylic acids is 1. The molecule has 116 valence electrons. The number of amides is 1. The van der Waals surface area contributed by atoms with Gasteiger partial charge in [0.1, 0.15) is 16.3 Å². The lowest BCUT2D eigenvalue weighted by molar-refractivity contribution is 0.0672. The predicted molar refractivity (Wildman–Crippen MR) is 73.7 cm³/mol. The molecule has 0 bridgehead atoms. The molecule has 0 N–H and O–H groups in total. The van der Waals surface area contributed by atoms with Gasteiger partial charge in [0, 0.05) is 23.8 Å². The van der Waals surface area contributed by atoms with E-state index in [0.29, 0.717) is 19.2 Å². The van der Waals surface area contributed by atoms with Crippen LogP contribution in [0.15, 0.2) is 17.0 Å². The summed E-state index contributed by atoms with van der Waals surface area (Å²) >= 11 is 0. The van der Waals surface area contributed by atoms with Gasteiger partial charge in [-0.2, -0.15) is 0 Å². The van der Waals surface area contributed by atoms with Gasteiger partial charge < -0.3 is 4.90 Å². The Hall–Kier alpha value is -1.21. The van der Waals surface area contributed by atoms with Crippen LogP contribution >= 0.6 is 10.7 Å².